The molecule has 3 aromatic rings. The third kappa shape index (κ3) is 8.11. The first-order chi connectivity index (χ1) is 15.7. The first-order valence-electron chi connectivity index (χ1n) is 12.7. The van der Waals surface area contributed by atoms with Crippen LogP contribution in [-0.2, 0) is 12.8 Å². The van der Waals surface area contributed by atoms with Gasteiger partial charge < -0.3 is 0 Å². The summed E-state index contributed by atoms with van der Waals surface area (Å²) in [6.45, 7) is 4.58. The van der Waals surface area contributed by atoms with E-state index in [2.05, 4.69) is 59.4 Å². The summed E-state index contributed by atoms with van der Waals surface area (Å²) in [6.07, 6.45) is 18.8. The van der Waals surface area contributed by atoms with E-state index in [1.165, 1.54) is 119 Å². The van der Waals surface area contributed by atoms with Crippen molar-refractivity contribution >= 4 is 49.9 Å². The van der Waals surface area contributed by atoms with E-state index in [-0.39, 0.29) is 0 Å². The highest BCUT2D eigenvalue weighted by Gasteiger charge is 2.15. The fraction of sp³-hybridized carbons (Fsp3) is 0.571. The Morgan fingerprint density at radius 1 is 0.625 bits per heavy atom. The smallest absolute Gasteiger partial charge is 0.0708 e. The molecule has 4 heteroatoms. The van der Waals surface area contributed by atoms with Crippen molar-refractivity contribution in [2.24, 2.45) is 0 Å². The lowest BCUT2D eigenvalue weighted by atomic mass is 10.0. The number of thiophene rings is 3. The van der Waals surface area contributed by atoms with Crippen LogP contribution in [0.2, 0.25) is 0 Å². The molecule has 0 unspecified atom stereocenters. The molecule has 0 atom stereocenters. The standard InChI is InChI=1S/C28H39BrS3/c1-3-5-7-9-11-13-15-22-19-20-30-27(22)24-17-18-25(31-24)28-23(21-26(29)32-28)16-14-12-10-8-6-4-2/h17-21H,3-16H2,1-2H3. The highest BCUT2D eigenvalue weighted by molar-refractivity contribution is 9.11. The summed E-state index contributed by atoms with van der Waals surface area (Å²) in [7, 11) is 0. The van der Waals surface area contributed by atoms with Crippen LogP contribution >= 0.6 is 49.9 Å². The fourth-order valence-electron chi connectivity index (χ4n) is 4.31. The van der Waals surface area contributed by atoms with Gasteiger partial charge in [-0.1, -0.05) is 78.1 Å². The van der Waals surface area contributed by atoms with Gasteiger partial charge in [0.05, 0.1) is 3.79 Å². The zero-order valence-electron chi connectivity index (χ0n) is 19.9. The molecule has 3 heterocycles. The molecular weight excluding hydrogens is 512 g/mol. The van der Waals surface area contributed by atoms with Gasteiger partial charge >= 0.3 is 0 Å². The Morgan fingerprint density at radius 3 is 1.84 bits per heavy atom. The summed E-state index contributed by atoms with van der Waals surface area (Å²) in [6, 6.07) is 9.44. The van der Waals surface area contributed by atoms with Crippen LogP contribution in [0.15, 0.2) is 33.4 Å². The van der Waals surface area contributed by atoms with Crippen molar-refractivity contribution in [3.8, 4) is 19.5 Å². The zero-order valence-corrected chi connectivity index (χ0v) is 23.9. The zero-order chi connectivity index (χ0) is 22.6. The van der Waals surface area contributed by atoms with Crippen molar-refractivity contribution in [1.29, 1.82) is 0 Å². The normalized spacial score (nSPS) is 11.5. The van der Waals surface area contributed by atoms with E-state index in [9.17, 15) is 0 Å². The quantitative estimate of drug-likeness (QED) is 0.155. The third-order valence-corrected chi connectivity index (χ3v) is 10.3. The Hall–Kier alpha value is -0.420. The summed E-state index contributed by atoms with van der Waals surface area (Å²) in [5, 5.41) is 2.28. The Kier molecular flexibility index (Phi) is 12.1. The van der Waals surface area contributed by atoms with Gasteiger partial charge in [0.15, 0.2) is 0 Å². The average Bonchev–Trinajstić information content (AvgIpc) is 3.52. The van der Waals surface area contributed by atoms with Crippen LogP contribution in [0.25, 0.3) is 19.5 Å². The van der Waals surface area contributed by atoms with Crippen LogP contribution in [0.1, 0.15) is 102 Å². The fourth-order valence-corrected chi connectivity index (χ4v) is 8.28. The van der Waals surface area contributed by atoms with Crippen LogP contribution in [0.4, 0.5) is 0 Å². The van der Waals surface area contributed by atoms with E-state index < -0.39 is 0 Å². The van der Waals surface area contributed by atoms with Crippen LogP contribution in [0.5, 0.6) is 0 Å². The Bertz CT molecular complexity index is 902. The van der Waals surface area contributed by atoms with Crippen LogP contribution < -0.4 is 0 Å². The number of hydrogen-bond donors (Lipinski definition) is 0. The van der Waals surface area contributed by atoms with Crippen molar-refractivity contribution in [2.75, 3.05) is 0 Å². The molecule has 0 amide bonds. The molecule has 0 aliphatic carbocycles. The second-order valence-corrected chi connectivity index (χ2v) is 13.3. The molecule has 0 aliphatic heterocycles. The van der Waals surface area contributed by atoms with Gasteiger partial charge in [-0.15, -0.1) is 34.0 Å². The van der Waals surface area contributed by atoms with Gasteiger partial charge in [-0.2, -0.15) is 0 Å². The molecule has 0 fully saturated rings. The monoisotopic (exact) mass is 550 g/mol. The third-order valence-electron chi connectivity index (χ3n) is 6.18. The Labute approximate surface area is 216 Å². The summed E-state index contributed by atoms with van der Waals surface area (Å²) < 4.78 is 1.27. The molecule has 0 bridgehead atoms. The van der Waals surface area contributed by atoms with Crippen molar-refractivity contribution in [3.63, 3.8) is 0 Å². The van der Waals surface area contributed by atoms with Crippen LogP contribution in [0, 0.1) is 0 Å². The lowest BCUT2D eigenvalue weighted by Crippen LogP contribution is -1.86. The molecule has 3 rings (SSSR count). The molecule has 176 valence electrons. The van der Waals surface area contributed by atoms with Gasteiger partial charge in [0.2, 0.25) is 0 Å². The molecule has 0 N–H and O–H groups in total. The number of unbranched alkanes of at least 4 members (excludes halogenated alkanes) is 10. The minimum Gasteiger partial charge on any atom is -0.143 e. The van der Waals surface area contributed by atoms with Crippen molar-refractivity contribution in [1.82, 2.24) is 0 Å². The second kappa shape index (κ2) is 14.8. The maximum atomic E-state index is 3.76. The SMILES string of the molecule is CCCCCCCCc1ccsc1-c1ccc(-c2sc(Br)cc2CCCCCCCC)s1. The molecule has 3 aromatic heterocycles. The number of halogens is 1. The van der Waals surface area contributed by atoms with Gasteiger partial charge in [-0.05, 0) is 82.4 Å². The molecule has 0 aliphatic rings. The molecule has 32 heavy (non-hydrogen) atoms. The lowest BCUT2D eigenvalue weighted by molar-refractivity contribution is 0.608. The van der Waals surface area contributed by atoms with Crippen LogP contribution in [0.3, 0.4) is 0 Å². The molecule has 0 saturated heterocycles. The van der Waals surface area contributed by atoms with E-state index in [0.717, 1.165) is 0 Å². The molecular formula is C28H39BrS3. The summed E-state index contributed by atoms with van der Waals surface area (Å²) >= 11 is 9.57. The Morgan fingerprint density at radius 2 is 1.19 bits per heavy atom. The Balaban J connectivity index is 1.59. The van der Waals surface area contributed by atoms with Crippen LogP contribution in [-0.4, -0.2) is 0 Å². The first kappa shape index (κ1) is 26.2. The predicted octanol–water partition coefficient (Wildman–Crippen LogP) is 11.8. The molecule has 0 radical (unpaired) electrons. The number of aryl methyl sites for hydroxylation is 2. The lowest BCUT2D eigenvalue weighted by Gasteiger charge is -2.04. The average molecular weight is 552 g/mol. The van der Waals surface area contributed by atoms with E-state index in [1.807, 2.05) is 34.0 Å². The predicted molar refractivity (Wildman–Crippen MR) is 153 cm³/mol. The molecule has 0 saturated carbocycles. The van der Waals surface area contributed by atoms with E-state index in [1.54, 1.807) is 5.56 Å². The minimum atomic E-state index is 1.21. The van der Waals surface area contributed by atoms with Crippen molar-refractivity contribution in [2.45, 2.75) is 104 Å². The van der Waals surface area contributed by atoms with E-state index in [0.29, 0.717) is 0 Å². The van der Waals surface area contributed by atoms with Crippen molar-refractivity contribution in [3.05, 3.63) is 44.6 Å². The minimum absolute atomic E-state index is 1.21. The van der Waals surface area contributed by atoms with Crippen molar-refractivity contribution < 1.29 is 0 Å². The largest absolute Gasteiger partial charge is 0.143 e. The highest BCUT2D eigenvalue weighted by atomic mass is 79.9. The van der Waals surface area contributed by atoms with Gasteiger partial charge in [0.25, 0.3) is 0 Å². The molecule has 0 aromatic carbocycles. The topological polar surface area (TPSA) is 0 Å². The van der Waals surface area contributed by atoms with Gasteiger partial charge in [-0.3, -0.25) is 0 Å². The maximum absolute atomic E-state index is 3.76. The summed E-state index contributed by atoms with van der Waals surface area (Å²) in [5.41, 5.74) is 3.09. The van der Waals surface area contributed by atoms with Gasteiger partial charge in [0.1, 0.15) is 0 Å². The molecule has 0 spiro atoms. The number of rotatable bonds is 16. The molecule has 0 nitrogen and oxygen atoms in total. The number of hydrogen-bond acceptors (Lipinski definition) is 3. The maximum Gasteiger partial charge on any atom is 0.0708 e. The van der Waals surface area contributed by atoms with E-state index >= 15 is 0 Å². The highest BCUT2D eigenvalue weighted by Crippen LogP contribution is 2.44. The van der Waals surface area contributed by atoms with E-state index in [4.69, 9.17) is 0 Å². The van der Waals surface area contributed by atoms with Gasteiger partial charge in [0, 0.05) is 19.5 Å². The summed E-state index contributed by atoms with van der Waals surface area (Å²) in [4.78, 5) is 5.88. The van der Waals surface area contributed by atoms with Gasteiger partial charge in [-0.25, -0.2) is 0 Å². The second-order valence-electron chi connectivity index (χ2n) is 8.88. The first-order valence-corrected chi connectivity index (χ1v) is 16.0. The summed E-state index contributed by atoms with van der Waals surface area (Å²) in [5.74, 6) is 0.